The summed E-state index contributed by atoms with van der Waals surface area (Å²) in [6, 6.07) is 3.08. The zero-order chi connectivity index (χ0) is 21.6. The zero-order valence-electron chi connectivity index (χ0n) is 14.5. The second-order valence-electron chi connectivity index (χ2n) is 6.32. The van der Waals surface area contributed by atoms with E-state index in [0.717, 1.165) is 24.3 Å². The number of amides is 2. The van der Waals surface area contributed by atoms with Gasteiger partial charge in [0.15, 0.2) is 0 Å². The Balaban J connectivity index is 1.82. The van der Waals surface area contributed by atoms with Crippen molar-refractivity contribution < 1.29 is 40.3 Å². The van der Waals surface area contributed by atoms with E-state index in [-0.39, 0.29) is 12.1 Å². The van der Waals surface area contributed by atoms with Crippen LogP contribution in [0.2, 0.25) is 0 Å². The molecule has 1 aromatic heterocycles. The highest BCUT2D eigenvalue weighted by Gasteiger charge is 2.45. The van der Waals surface area contributed by atoms with Crippen molar-refractivity contribution in [2.24, 2.45) is 5.92 Å². The molecular weight excluding hydrogens is 410 g/mol. The van der Waals surface area contributed by atoms with E-state index in [1.54, 1.807) is 0 Å². The Morgan fingerprint density at radius 1 is 1.10 bits per heavy atom. The summed E-state index contributed by atoms with van der Waals surface area (Å²) in [7, 11) is 1.39. The number of nitrogens with zero attached hydrogens (tertiary/aromatic N) is 3. The van der Waals surface area contributed by atoms with E-state index in [9.17, 15) is 35.9 Å². The Kier molecular flexibility index (Phi) is 5.01. The van der Waals surface area contributed by atoms with Gasteiger partial charge in [0.2, 0.25) is 11.8 Å². The number of carbonyl (C=O) groups is 2. The molecule has 3 rings (SSSR count). The van der Waals surface area contributed by atoms with E-state index in [2.05, 4.69) is 14.6 Å². The molecule has 0 spiro atoms. The second-order valence-corrected chi connectivity index (χ2v) is 6.32. The maximum atomic E-state index is 12.7. The maximum absolute atomic E-state index is 12.7. The molecule has 1 aliphatic rings. The molecule has 1 N–H and O–H groups in total. The number of hydrogen-bond acceptors (Lipinski definition) is 5. The van der Waals surface area contributed by atoms with E-state index < -0.39 is 53.5 Å². The van der Waals surface area contributed by atoms with Gasteiger partial charge in [-0.25, -0.2) is 0 Å². The average molecular weight is 422 g/mol. The van der Waals surface area contributed by atoms with Gasteiger partial charge in [0.25, 0.3) is 0 Å². The molecule has 29 heavy (non-hydrogen) atoms. The summed E-state index contributed by atoms with van der Waals surface area (Å²) in [6.45, 7) is 0.0277. The van der Waals surface area contributed by atoms with Gasteiger partial charge in [0.1, 0.15) is 5.92 Å². The molecule has 13 heteroatoms. The Labute approximate surface area is 158 Å². The largest absolute Gasteiger partial charge is 0.470 e. The SMILES string of the molecule is CN1C[C@@H](c2ccc(C(F)(F)F)cc2)[C@H](C(=O)Nc2nnc(C(F)(F)F)o2)C1=O. The van der Waals surface area contributed by atoms with E-state index in [4.69, 9.17) is 0 Å². The molecule has 0 unspecified atom stereocenters. The van der Waals surface area contributed by atoms with Crippen LogP contribution in [0.15, 0.2) is 28.7 Å². The van der Waals surface area contributed by atoms with Gasteiger partial charge in [0.05, 0.1) is 5.56 Å². The van der Waals surface area contributed by atoms with Crippen molar-refractivity contribution in [3.05, 3.63) is 41.3 Å². The molecule has 1 fully saturated rings. The lowest BCUT2D eigenvalue weighted by Gasteiger charge is -2.16. The van der Waals surface area contributed by atoms with Gasteiger partial charge in [0, 0.05) is 19.5 Å². The summed E-state index contributed by atoms with van der Waals surface area (Å²) in [5.41, 5.74) is -0.608. The summed E-state index contributed by atoms with van der Waals surface area (Å²) in [5.74, 6) is -5.55. The van der Waals surface area contributed by atoms with E-state index in [0.29, 0.717) is 0 Å². The van der Waals surface area contributed by atoms with Crippen LogP contribution in [0.4, 0.5) is 32.4 Å². The Bertz CT molecular complexity index is 922. The highest BCUT2D eigenvalue weighted by Crippen LogP contribution is 2.36. The summed E-state index contributed by atoms with van der Waals surface area (Å²) in [4.78, 5) is 26.0. The lowest BCUT2D eigenvalue weighted by atomic mass is 9.87. The number of likely N-dealkylation sites (tertiary alicyclic amines) is 1. The number of aromatic nitrogens is 2. The zero-order valence-corrected chi connectivity index (χ0v) is 14.5. The van der Waals surface area contributed by atoms with Crippen LogP contribution in [0.1, 0.15) is 22.9 Å². The van der Waals surface area contributed by atoms with Crippen molar-refractivity contribution in [3.63, 3.8) is 0 Å². The molecule has 0 aliphatic carbocycles. The van der Waals surface area contributed by atoms with Gasteiger partial charge in [-0.15, -0.1) is 5.10 Å². The molecule has 2 amide bonds. The number of halogens is 6. The number of nitrogens with one attached hydrogen (secondary N) is 1. The third-order valence-electron chi connectivity index (χ3n) is 4.36. The lowest BCUT2D eigenvalue weighted by Crippen LogP contribution is -2.32. The standard InChI is InChI=1S/C16H12F6N4O3/c1-26-6-9(7-2-4-8(5-3-7)15(17,18)19)10(12(26)28)11(27)23-14-25-24-13(29-14)16(20,21)22/h2-5,9-10H,6H2,1H3,(H,23,25,27)/t9-,10+/m0/s1. The van der Waals surface area contributed by atoms with Gasteiger partial charge in [-0.05, 0) is 17.7 Å². The van der Waals surface area contributed by atoms with Crippen LogP contribution in [-0.2, 0) is 21.9 Å². The summed E-state index contributed by atoms with van der Waals surface area (Å²) >= 11 is 0. The predicted molar refractivity (Wildman–Crippen MR) is 83.2 cm³/mol. The first kappa shape index (κ1) is 20.6. The topological polar surface area (TPSA) is 88.3 Å². The molecule has 1 saturated heterocycles. The van der Waals surface area contributed by atoms with Gasteiger partial charge in [-0.1, -0.05) is 17.2 Å². The number of rotatable bonds is 3. The monoisotopic (exact) mass is 422 g/mol. The first-order valence-corrected chi connectivity index (χ1v) is 8.01. The summed E-state index contributed by atoms with van der Waals surface area (Å²) in [6.07, 6.45) is -9.46. The number of hydrogen-bond donors (Lipinski definition) is 1. The molecule has 0 saturated carbocycles. The minimum absolute atomic E-state index is 0.0277. The summed E-state index contributed by atoms with van der Waals surface area (Å²) in [5, 5.41) is 7.76. The van der Waals surface area contributed by atoms with Crippen LogP contribution in [-0.4, -0.2) is 40.5 Å². The number of carbonyl (C=O) groups excluding carboxylic acids is 2. The Morgan fingerprint density at radius 2 is 1.72 bits per heavy atom. The number of benzene rings is 1. The Hall–Kier alpha value is -3.12. The van der Waals surface area contributed by atoms with Crippen LogP contribution in [0.25, 0.3) is 0 Å². The first-order chi connectivity index (χ1) is 13.4. The van der Waals surface area contributed by atoms with E-state index >= 15 is 0 Å². The fraction of sp³-hybridized carbons (Fsp3) is 0.375. The second kappa shape index (κ2) is 7.04. The van der Waals surface area contributed by atoms with Crippen molar-refractivity contribution in [2.75, 3.05) is 18.9 Å². The van der Waals surface area contributed by atoms with Gasteiger partial charge in [-0.2, -0.15) is 26.3 Å². The minimum Gasteiger partial charge on any atom is -0.399 e. The number of alkyl halides is 6. The molecule has 0 radical (unpaired) electrons. The number of anilines is 1. The fourth-order valence-electron chi connectivity index (χ4n) is 2.98. The quantitative estimate of drug-likeness (QED) is 0.607. The van der Waals surface area contributed by atoms with Crippen molar-refractivity contribution in [2.45, 2.75) is 18.3 Å². The fourth-order valence-corrected chi connectivity index (χ4v) is 2.98. The molecular formula is C16H12F6N4O3. The maximum Gasteiger partial charge on any atom is 0.470 e. The first-order valence-electron chi connectivity index (χ1n) is 8.01. The van der Waals surface area contributed by atoms with Crippen molar-refractivity contribution in [1.29, 1.82) is 0 Å². The molecule has 0 bridgehead atoms. The van der Waals surface area contributed by atoms with Crippen molar-refractivity contribution in [3.8, 4) is 0 Å². The normalized spacial score (nSPS) is 20.2. The molecule has 7 nitrogen and oxygen atoms in total. The molecule has 1 aliphatic heterocycles. The van der Waals surface area contributed by atoms with Gasteiger partial charge >= 0.3 is 24.3 Å². The van der Waals surface area contributed by atoms with Crippen LogP contribution in [0, 0.1) is 5.92 Å². The third kappa shape index (κ3) is 4.17. The van der Waals surface area contributed by atoms with E-state index in [1.165, 1.54) is 11.9 Å². The van der Waals surface area contributed by atoms with Crippen LogP contribution >= 0.6 is 0 Å². The minimum atomic E-state index is -4.91. The third-order valence-corrected chi connectivity index (χ3v) is 4.36. The lowest BCUT2D eigenvalue weighted by molar-refractivity contribution is -0.157. The number of likely N-dealkylation sites (N-methyl/N-ethyl adjacent to an activating group) is 1. The van der Waals surface area contributed by atoms with Crippen molar-refractivity contribution in [1.82, 2.24) is 15.1 Å². The van der Waals surface area contributed by atoms with Crippen LogP contribution in [0.5, 0.6) is 0 Å². The average Bonchev–Trinajstić information content (AvgIpc) is 3.19. The highest BCUT2D eigenvalue weighted by atomic mass is 19.4. The Morgan fingerprint density at radius 3 is 2.24 bits per heavy atom. The molecule has 2 heterocycles. The van der Waals surface area contributed by atoms with Crippen molar-refractivity contribution >= 4 is 17.8 Å². The van der Waals surface area contributed by atoms with Crippen LogP contribution < -0.4 is 5.32 Å². The highest BCUT2D eigenvalue weighted by molar-refractivity contribution is 6.07. The smallest absolute Gasteiger partial charge is 0.399 e. The summed E-state index contributed by atoms with van der Waals surface area (Å²) < 4.78 is 80.0. The van der Waals surface area contributed by atoms with Gasteiger partial charge in [-0.3, -0.25) is 14.9 Å². The molecule has 1 aromatic carbocycles. The molecule has 2 aromatic rings. The molecule has 156 valence electrons. The van der Waals surface area contributed by atoms with Crippen LogP contribution in [0.3, 0.4) is 0 Å². The molecule has 2 atom stereocenters. The van der Waals surface area contributed by atoms with Gasteiger partial charge < -0.3 is 9.32 Å². The predicted octanol–water partition coefficient (Wildman–Crippen LogP) is 2.92. The van der Waals surface area contributed by atoms with E-state index in [1.807, 2.05) is 5.32 Å².